The lowest BCUT2D eigenvalue weighted by molar-refractivity contribution is -0.140. The second-order valence-electron chi connectivity index (χ2n) is 11.7. The van der Waals surface area contributed by atoms with E-state index in [1.807, 2.05) is 4.90 Å². The molecule has 43 heavy (non-hydrogen) atoms. The summed E-state index contributed by atoms with van der Waals surface area (Å²) in [6, 6.07) is 2.17. The van der Waals surface area contributed by atoms with Crippen LogP contribution in [0, 0.1) is 18.7 Å². The van der Waals surface area contributed by atoms with Crippen molar-refractivity contribution in [3.63, 3.8) is 0 Å². The number of amidine groups is 1. The Hall–Kier alpha value is -3.29. The lowest BCUT2D eigenvalue weighted by atomic mass is 9.77. The van der Waals surface area contributed by atoms with Crippen LogP contribution in [0.2, 0.25) is 0 Å². The summed E-state index contributed by atoms with van der Waals surface area (Å²) < 4.78 is 51.6. The summed E-state index contributed by atoms with van der Waals surface area (Å²) >= 11 is 1.34. The van der Waals surface area contributed by atoms with Crippen molar-refractivity contribution in [2.75, 3.05) is 26.2 Å². The zero-order chi connectivity index (χ0) is 30.5. The molecule has 0 bridgehead atoms. The molecule has 230 valence electrons. The predicted molar refractivity (Wildman–Crippen MR) is 154 cm³/mol. The number of halogens is 3. The van der Waals surface area contributed by atoms with Crippen LogP contribution in [-0.2, 0) is 14.3 Å². The van der Waals surface area contributed by atoms with E-state index >= 15 is 8.78 Å². The zero-order valence-corrected chi connectivity index (χ0v) is 24.7. The number of hydrogen-bond donors (Lipinski definition) is 2. The first-order chi connectivity index (χ1) is 20.6. The van der Waals surface area contributed by atoms with Crippen LogP contribution in [0.1, 0.15) is 54.8 Å². The third kappa shape index (κ3) is 5.58. The molecule has 13 heteroatoms. The molecular weight excluding hydrogens is 583 g/mol. The van der Waals surface area contributed by atoms with E-state index in [0.29, 0.717) is 53.5 Å². The van der Waals surface area contributed by atoms with Gasteiger partial charge in [0.2, 0.25) is 0 Å². The number of hydrogen-bond acceptors (Lipinski definition) is 9. The monoisotopic (exact) mass is 617 g/mol. The van der Waals surface area contributed by atoms with Crippen molar-refractivity contribution < 1.29 is 32.6 Å². The molecule has 3 aliphatic heterocycles. The van der Waals surface area contributed by atoms with E-state index in [1.54, 1.807) is 42.5 Å². The van der Waals surface area contributed by atoms with Gasteiger partial charge in [-0.25, -0.2) is 22.9 Å². The molecule has 2 N–H and O–H groups in total. The molecule has 1 saturated carbocycles. The van der Waals surface area contributed by atoms with Crippen molar-refractivity contribution in [1.29, 1.82) is 0 Å². The normalized spacial score (nSPS) is 28.7. The highest BCUT2D eigenvalue weighted by Crippen LogP contribution is 2.47. The van der Waals surface area contributed by atoms with E-state index in [0.717, 1.165) is 0 Å². The van der Waals surface area contributed by atoms with Gasteiger partial charge in [0, 0.05) is 48.9 Å². The lowest BCUT2D eigenvalue weighted by Gasteiger charge is -2.44. The summed E-state index contributed by atoms with van der Waals surface area (Å²) in [5, 5.41) is 14.7. The summed E-state index contributed by atoms with van der Waals surface area (Å²) in [6.45, 7) is 3.42. The van der Waals surface area contributed by atoms with Crippen LogP contribution in [-0.4, -0.2) is 88.0 Å². The first-order valence-electron chi connectivity index (χ1n) is 14.6. The number of likely N-dealkylation sites (tertiary alicyclic amines) is 2. The standard InChI is InChI=1S/C30H34F3N5O4S/c1-3-42-29(41)24-21(35-27(28-34-8-10-43-28)36-25(24)19-5-4-6-20(31)16(19)2)14-37-15-30(32,33)26-22(37)7-9-38(26)18-11-17(12-18)13-23(39)40/h4-6,8,10,17-18,22,25-26H,3,7,9,11-15H2,1-2H3,(H,35,36)(H,39,40)/t17?,18?,22-,25-,26?/m0/s1. The van der Waals surface area contributed by atoms with Gasteiger partial charge in [0.1, 0.15) is 11.9 Å². The van der Waals surface area contributed by atoms with Gasteiger partial charge in [-0.3, -0.25) is 19.6 Å². The van der Waals surface area contributed by atoms with Crippen LogP contribution >= 0.6 is 11.3 Å². The Bertz CT molecular complexity index is 1460. The van der Waals surface area contributed by atoms with Crippen molar-refractivity contribution in [3.8, 4) is 0 Å². The average Bonchev–Trinajstić information content (AvgIpc) is 3.66. The van der Waals surface area contributed by atoms with Crippen molar-refractivity contribution in [1.82, 2.24) is 20.1 Å². The Morgan fingerprint density at radius 3 is 2.77 bits per heavy atom. The van der Waals surface area contributed by atoms with Crippen molar-refractivity contribution >= 4 is 29.1 Å². The van der Waals surface area contributed by atoms with Crippen LogP contribution in [0.3, 0.4) is 0 Å². The van der Waals surface area contributed by atoms with Gasteiger partial charge in [-0.05, 0) is 56.2 Å². The van der Waals surface area contributed by atoms with Gasteiger partial charge >= 0.3 is 11.9 Å². The fourth-order valence-corrected chi connectivity index (χ4v) is 7.71. The number of aliphatic carboxylic acids is 1. The van der Waals surface area contributed by atoms with Gasteiger partial charge < -0.3 is 15.2 Å². The highest BCUT2D eigenvalue weighted by molar-refractivity contribution is 7.11. The number of ether oxygens (including phenoxy) is 1. The van der Waals surface area contributed by atoms with Crippen LogP contribution in [0.4, 0.5) is 13.2 Å². The Labute approximate surface area is 251 Å². The topological polar surface area (TPSA) is 107 Å². The third-order valence-corrected chi connectivity index (χ3v) is 9.87. The molecule has 3 atom stereocenters. The number of carbonyl (C=O) groups is 2. The van der Waals surface area contributed by atoms with Crippen molar-refractivity contribution in [2.45, 2.75) is 69.6 Å². The number of benzene rings is 1. The molecular formula is C30H34F3N5O4S. The van der Waals surface area contributed by atoms with E-state index in [9.17, 15) is 14.0 Å². The number of fused-ring (bicyclic) bond motifs is 1. The average molecular weight is 618 g/mol. The van der Waals surface area contributed by atoms with Crippen LogP contribution in [0.5, 0.6) is 0 Å². The van der Waals surface area contributed by atoms with Gasteiger partial charge in [0.25, 0.3) is 5.92 Å². The Balaban J connectivity index is 1.33. The number of esters is 1. The van der Waals surface area contributed by atoms with Crippen LogP contribution in [0.15, 0.2) is 46.0 Å². The molecule has 1 unspecified atom stereocenters. The second-order valence-corrected chi connectivity index (χ2v) is 12.6. The SMILES string of the molecule is CCOC(=O)C1=C(CN2CC(F)(F)C3[C@@H]2CCN3C2CC(CC(=O)O)C2)NC(c2nccs2)=N[C@H]1c1cccc(F)c1C. The quantitative estimate of drug-likeness (QED) is 0.405. The number of alkyl halides is 2. The molecule has 6 rings (SSSR count). The molecule has 1 aliphatic carbocycles. The molecule has 2 aromatic rings. The van der Waals surface area contributed by atoms with E-state index < -0.39 is 48.3 Å². The smallest absolute Gasteiger partial charge is 0.338 e. The van der Waals surface area contributed by atoms with Crippen LogP contribution < -0.4 is 5.32 Å². The van der Waals surface area contributed by atoms with E-state index in [4.69, 9.17) is 14.8 Å². The van der Waals surface area contributed by atoms with E-state index in [2.05, 4.69) is 10.3 Å². The molecule has 1 aromatic carbocycles. The summed E-state index contributed by atoms with van der Waals surface area (Å²) in [5.41, 5.74) is 1.35. The number of nitrogens with zero attached hydrogens (tertiary/aromatic N) is 4. The summed E-state index contributed by atoms with van der Waals surface area (Å²) in [5.74, 6) is -4.55. The highest BCUT2D eigenvalue weighted by atomic mass is 32.1. The zero-order valence-electron chi connectivity index (χ0n) is 23.9. The molecule has 4 aliphatic rings. The minimum absolute atomic E-state index is 0.0142. The molecule has 0 spiro atoms. The number of aromatic nitrogens is 1. The molecule has 4 heterocycles. The number of aliphatic imine (C=N–C) groups is 1. The molecule has 3 fully saturated rings. The van der Waals surface area contributed by atoms with Gasteiger partial charge in [-0.15, -0.1) is 11.3 Å². The number of carbonyl (C=O) groups excluding carboxylic acids is 1. The largest absolute Gasteiger partial charge is 0.481 e. The minimum atomic E-state index is -3.00. The maximum Gasteiger partial charge on any atom is 0.338 e. The molecule has 9 nitrogen and oxygen atoms in total. The maximum atomic E-state index is 15.7. The summed E-state index contributed by atoms with van der Waals surface area (Å²) in [4.78, 5) is 37.3. The van der Waals surface area contributed by atoms with E-state index in [1.165, 1.54) is 17.4 Å². The molecule has 0 amide bonds. The second kappa shape index (κ2) is 11.7. The number of carboxylic acid groups (broad SMARTS) is 1. The van der Waals surface area contributed by atoms with Crippen LogP contribution in [0.25, 0.3) is 0 Å². The van der Waals surface area contributed by atoms with Crippen molar-refractivity contribution in [3.05, 3.63) is 63.0 Å². The van der Waals surface area contributed by atoms with Gasteiger partial charge in [0.15, 0.2) is 10.8 Å². The Morgan fingerprint density at radius 1 is 1.28 bits per heavy atom. The van der Waals surface area contributed by atoms with Crippen molar-refractivity contribution in [2.24, 2.45) is 10.9 Å². The molecule has 0 radical (unpaired) electrons. The predicted octanol–water partition coefficient (Wildman–Crippen LogP) is 4.15. The fraction of sp³-hybridized carbons (Fsp3) is 0.533. The molecule has 1 aromatic heterocycles. The van der Waals surface area contributed by atoms with Gasteiger partial charge in [0.05, 0.1) is 24.8 Å². The third-order valence-electron chi connectivity index (χ3n) is 9.09. The summed E-state index contributed by atoms with van der Waals surface area (Å²) in [7, 11) is 0. The Kier molecular flexibility index (Phi) is 8.07. The Morgan fingerprint density at radius 2 is 2.07 bits per heavy atom. The fourth-order valence-electron chi connectivity index (χ4n) is 7.12. The van der Waals surface area contributed by atoms with Gasteiger partial charge in [-0.2, -0.15) is 0 Å². The number of nitrogens with one attached hydrogen (secondary N) is 1. The van der Waals surface area contributed by atoms with Gasteiger partial charge in [-0.1, -0.05) is 12.1 Å². The highest BCUT2D eigenvalue weighted by Gasteiger charge is 2.61. The number of carboxylic acids is 1. The van der Waals surface area contributed by atoms with E-state index in [-0.39, 0.29) is 37.1 Å². The number of rotatable bonds is 9. The maximum absolute atomic E-state index is 15.7. The summed E-state index contributed by atoms with van der Waals surface area (Å²) in [6.07, 6.45) is 3.42. The minimum Gasteiger partial charge on any atom is -0.481 e. The lowest BCUT2D eigenvalue weighted by Crippen LogP contribution is -2.54. The first kappa shape index (κ1) is 29.8. The first-order valence-corrected chi connectivity index (χ1v) is 15.4. The molecule has 2 saturated heterocycles. The number of thiazole rings is 1.